The van der Waals surface area contributed by atoms with E-state index in [9.17, 15) is 0 Å². The molecule has 0 aliphatic rings. The van der Waals surface area contributed by atoms with Crippen LogP contribution in [0.5, 0.6) is 11.5 Å². The van der Waals surface area contributed by atoms with Crippen LogP contribution < -0.4 is 15.2 Å². The number of hydrogen-bond donors (Lipinski definition) is 1. The maximum Gasteiger partial charge on any atom is 0.162 e. The molecular formula is C17H21NO2. The van der Waals surface area contributed by atoms with Crippen LogP contribution in [0.3, 0.4) is 0 Å². The second-order valence-corrected chi connectivity index (χ2v) is 4.96. The van der Waals surface area contributed by atoms with Crippen LogP contribution in [-0.4, -0.2) is 13.2 Å². The molecule has 2 unspecified atom stereocenters. The van der Waals surface area contributed by atoms with E-state index in [1.807, 2.05) is 31.2 Å². The number of ether oxygens (including phenoxy) is 2. The third-order valence-corrected chi connectivity index (χ3v) is 3.21. The van der Waals surface area contributed by atoms with Gasteiger partial charge in [0.05, 0.1) is 7.11 Å². The molecule has 0 amide bonds. The Hall–Kier alpha value is -2.00. The zero-order valence-electron chi connectivity index (χ0n) is 12.2. The number of para-hydroxylation sites is 2. The van der Waals surface area contributed by atoms with Crippen molar-refractivity contribution in [1.82, 2.24) is 0 Å². The van der Waals surface area contributed by atoms with E-state index in [1.54, 1.807) is 7.11 Å². The number of aryl methyl sites for hydroxylation is 1. The van der Waals surface area contributed by atoms with Crippen molar-refractivity contribution in [3.05, 3.63) is 59.7 Å². The van der Waals surface area contributed by atoms with Gasteiger partial charge in [-0.25, -0.2) is 0 Å². The van der Waals surface area contributed by atoms with Crippen molar-refractivity contribution < 1.29 is 9.47 Å². The van der Waals surface area contributed by atoms with Crippen molar-refractivity contribution in [3.63, 3.8) is 0 Å². The largest absolute Gasteiger partial charge is 0.493 e. The van der Waals surface area contributed by atoms with E-state index in [0.717, 1.165) is 5.56 Å². The highest BCUT2D eigenvalue weighted by molar-refractivity contribution is 5.40. The van der Waals surface area contributed by atoms with Crippen molar-refractivity contribution in [2.75, 3.05) is 7.11 Å². The fourth-order valence-electron chi connectivity index (χ4n) is 2.09. The maximum atomic E-state index is 6.08. The summed E-state index contributed by atoms with van der Waals surface area (Å²) < 4.78 is 11.4. The molecule has 0 fully saturated rings. The minimum absolute atomic E-state index is 0.123. The van der Waals surface area contributed by atoms with Crippen molar-refractivity contribution in [2.24, 2.45) is 5.73 Å². The van der Waals surface area contributed by atoms with Crippen molar-refractivity contribution >= 4 is 0 Å². The highest BCUT2D eigenvalue weighted by Crippen LogP contribution is 2.31. The molecule has 0 saturated carbocycles. The summed E-state index contributed by atoms with van der Waals surface area (Å²) in [5.74, 6) is 1.42. The number of methoxy groups -OCH3 is 1. The quantitative estimate of drug-likeness (QED) is 0.905. The number of nitrogens with two attached hydrogens (primary N) is 1. The third kappa shape index (κ3) is 3.31. The number of rotatable bonds is 5. The molecule has 20 heavy (non-hydrogen) atoms. The summed E-state index contributed by atoms with van der Waals surface area (Å²) in [6.45, 7) is 4.01. The van der Waals surface area contributed by atoms with E-state index in [-0.39, 0.29) is 12.1 Å². The topological polar surface area (TPSA) is 44.5 Å². The van der Waals surface area contributed by atoms with Gasteiger partial charge in [-0.2, -0.15) is 0 Å². The Bertz CT molecular complexity index is 549. The van der Waals surface area contributed by atoms with E-state index >= 15 is 0 Å². The first-order chi connectivity index (χ1) is 9.61. The molecule has 0 aliphatic heterocycles. The SMILES string of the molecule is COc1ccccc1OC(c1ccc(C)cc1)C(C)N. The number of hydrogen-bond acceptors (Lipinski definition) is 3. The van der Waals surface area contributed by atoms with Crippen molar-refractivity contribution in [1.29, 1.82) is 0 Å². The predicted octanol–water partition coefficient (Wildman–Crippen LogP) is 3.47. The highest BCUT2D eigenvalue weighted by atomic mass is 16.5. The predicted molar refractivity (Wildman–Crippen MR) is 81.2 cm³/mol. The molecule has 0 saturated heterocycles. The first kappa shape index (κ1) is 14.4. The minimum atomic E-state index is -0.202. The molecule has 0 bridgehead atoms. The number of benzene rings is 2. The average Bonchev–Trinajstić information content (AvgIpc) is 2.46. The van der Waals surface area contributed by atoms with Gasteiger partial charge in [0.1, 0.15) is 6.10 Å². The lowest BCUT2D eigenvalue weighted by atomic mass is 10.0. The molecule has 0 spiro atoms. The summed E-state index contributed by atoms with van der Waals surface area (Å²) in [7, 11) is 1.63. The normalized spacial score (nSPS) is 13.6. The average molecular weight is 271 g/mol. The fourth-order valence-corrected chi connectivity index (χ4v) is 2.09. The molecule has 3 nitrogen and oxygen atoms in total. The van der Waals surface area contributed by atoms with Gasteiger partial charge < -0.3 is 15.2 Å². The van der Waals surface area contributed by atoms with Gasteiger partial charge in [-0.1, -0.05) is 42.0 Å². The molecule has 0 aliphatic carbocycles. The molecule has 2 rings (SSSR count). The summed E-state index contributed by atoms with van der Waals surface area (Å²) in [5.41, 5.74) is 8.36. The zero-order valence-corrected chi connectivity index (χ0v) is 12.2. The lowest BCUT2D eigenvalue weighted by Crippen LogP contribution is -2.29. The molecule has 106 valence electrons. The highest BCUT2D eigenvalue weighted by Gasteiger charge is 2.19. The Morgan fingerprint density at radius 1 is 0.950 bits per heavy atom. The molecule has 2 aromatic carbocycles. The Morgan fingerprint density at radius 3 is 2.10 bits per heavy atom. The lowest BCUT2D eigenvalue weighted by molar-refractivity contribution is 0.173. The van der Waals surface area contributed by atoms with Gasteiger partial charge in [0.2, 0.25) is 0 Å². The van der Waals surface area contributed by atoms with E-state index < -0.39 is 0 Å². The molecule has 0 aromatic heterocycles. The van der Waals surface area contributed by atoms with Crippen LogP contribution >= 0.6 is 0 Å². The summed E-state index contributed by atoms with van der Waals surface area (Å²) >= 11 is 0. The second kappa shape index (κ2) is 6.44. The van der Waals surface area contributed by atoms with Gasteiger partial charge in [0.15, 0.2) is 11.5 Å². The molecule has 2 N–H and O–H groups in total. The summed E-state index contributed by atoms with van der Waals surface area (Å²) in [5, 5.41) is 0. The van der Waals surface area contributed by atoms with Gasteiger partial charge in [0, 0.05) is 6.04 Å². The van der Waals surface area contributed by atoms with Crippen LogP contribution in [0, 0.1) is 6.92 Å². The van der Waals surface area contributed by atoms with E-state index in [0.29, 0.717) is 11.5 Å². The van der Waals surface area contributed by atoms with E-state index in [4.69, 9.17) is 15.2 Å². The van der Waals surface area contributed by atoms with E-state index in [2.05, 4.69) is 31.2 Å². The smallest absolute Gasteiger partial charge is 0.162 e. The van der Waals surface area contributed by atoms with Crippen LogP contribution in [0.2, 0.25) is 0 Å². The Labute approximate surface area is 120 Å². The van der Waals surface area contributed by atoms with Gasteiger partial charge in [-0.05, 0) is 31.5 Å². The zero-order chi connectivity index (χ0) is 14.5. The maximum absolute atomic E-state index is 6.08. The van der Waals surface area contributed by atoms with Crippen LogP contribution in [-0.2, 0) is 0 Å². The molecule has 2 atom stereocenters. The Morgan fingerprint density at radius 2 is 1.55 bits per heavy atom. The standard InChI is InChI=1S/C17H21NO2/c1-12-8-10-14(11-9-12)17(13(2)18)20-16-7-5-4-6-15(16)19-3/h4-11,13,17H,18H2,1-3H3. The monoisotopic (exact) mass is 271 g/mol. The second-order valence-electron chi connectivity index (χ2n) is 4.96. The summed E-state index contributed by atoms with van der Waals surface area (Å²) in [4.78, 5) is 0. The first-order valence-electron chi connectivity index (χ1n) is 6.73. The van der Waals surface area contributed by atoms with Crippen LogP contribution in [0.25, 0.3) is 0 Å². The third-order valence-electron chi connectivity index (χ3n) is 3.21. The molecular weight excluding hydrogens is 250 g/mol. The van der Waals surface area contributed by atoms with Crippen LogP contribution in [0.4, 0.5) is 0 Å². The minimum Gasteiger partial charge on any atom is -0.493 e. The van der Waals surface area contributed by atoms with Gasteiger partial charge in [0.25, 0.3) is 0 Å². The molecule has 3 heteroatoms. The van der Waals surface area contributed by atoms with Crippen molar-refractivity contribution in [2.45, 2.75) is 26.0 Å². The summed E-state index contributed by atoms with van der Waals surface area (Å²) in [6.07, 6.45) is -0.202. The Kier molecular flexibility index (Phi) is 4.64. The molecule has 2 aromatic rings. The lowest BCUT2D eigenvalue weighted by Gasteiger charge is -2.24. The summed E-state index contributed by atoms with van der Waals surface area (Å²) in [6, 6.07) is 15.7. The van der Waals surface area contributed by atoms with E-state index in [1.165, 1.54) is 5.56 Å². The van der Waals surface area contributed by atoms with Gasteiger partial charge in [-0.3, -0.25) is 0 Å². The fraction of sp³-hybridized carbons (Fsp3) is 0.294. The molecule has 0 heterocycles. The van der Waals surface area contributed by atoms with Crippen LogP contribution in [0.15, 0.2) is 48.5 Å². The van der Waals surface area contributed by atoms with Crippen LogP contribution in [0.1, 0.15) is 24.2 Å². The van der Waals surface area contributed by atoms with Crippen molar-refractivity contribution in [3.8, 4) is 11.5 Å². The first-order valence-corrected chi connectivity index (χ1v) is 6.73. The molecule has 0 radical (unpaired) electrons. The Balaban J connectivity index is 2.28. The van der Waals surface area contributed by atoms with Gasteiger partial charge >= 0.3 is 0 Å². The van der Waals surface area contributed by atoms with Gasteiger partial charge in [-0.15, -0.1) is 0 Å².